The number of fused-ring (bicyclic) bond motifs is 4. The smallest absolute Gasteiger partial charge is 0.289 e. The minimum Gasteiger partial charge on any atom is -0.298 e. The maximum atomic E-state index is 13.4. The summed E-state index contributed by atoms with van der Waals surface area (Å²) in [4.78, 5) is 38.3. The zero-order chi connectivity index (χ0) is 22.6. The van der Waals surface area contributed by atoms with Gasteiger partial charge in [-0.25, -0.2) is 15.0 Å². The van der Waals surface area contributed by atoms with Gasteiger partial charge in [0.15, 0.2) is 11.3 Å². The van der Waals surface area contributed by atoms with Crippen molar-refractivity contribution in [3.05, 3.63) is 74.3 Å². The summed E-state index contributed by atoms with van der Waals surface area (Å²) in [6, 6.07) is 11.8. The van der Waals surface area contributed by atoms with Crippen LogP contribution >= 0.6 is 11.6 Å². The molecule has 0 amide bonds. The molecule has 0 radical (unpaired) electrons. The second-order valence-electron chi connectivity index (χ2n) is 7.91. The summed E-state index contributed by atoms with van der Waals surface area (Å²) in [5, 5.41) is 11.8. The highest BCUT2D eigenvalue weighted by Gasteiger charge is 2.23. The van der Waals surface area contributed by atoms with Crippen molar-refractivity contribution in [1.82, 2.24) is 24.1 Å². The Hall–Kier alpha value is -3.85. The highest BCUT2D eigenvalue weighted by molar-refractivity contribution is 6.32. The number of hydrogen-bond donors (Lipinski definition) is 0. The van der Waals surface area contributed by atoms with Crippen molar-refractivity contribution >= 4 is 50.5 Å². The molecule has 9 nitrogen and oxygen atoms in total. The predicted octanol–water partition coefficient (Wildman–Crippen LogP) is 4.50. The van der Waals surface area contributed by atoms with Crippen LogP contribution in [-0.4, -0.2) is 29.0 Å². The first kappa shape index (κ1) is 20.1. The maximum absolute atomic E-state index is 13.4. The molecule has 0 aliphatic carbocycles. The van der Waals surface area contributed by atoms with Gasteiger partial charge in [-0.15, -0.1) is 0 Å². The first-order chi connectivity index (χ1) is 15.3. The zero-order valence-electron chi connectivity index (χ0n) is 17.2. The third-order valence-corrected chi connectivity index (χ3v) is 5.50. The Labute approximate surface area is 186 Å². The normalized spacial score (nSPS) is 11.8. The standard InChI is InChI=1S/C22H17ClN6O3/c1-12(2)10-27-11-24-20-18(22(27)30)19-21(26-16-6-4-3-5-15(16)25-19)28(20)13-7-8-14(23)17(9-13)29(31)32/h3-9,11-12H,10H2,1-2H3. The molecule has 0 saturated carbocycles. The quantitative estimate of drug-likeness (QED) is 0.296. The highest BCUT2D eigenvalue weighted by atomic mass is 35.5. The van der Waals surface area contributed by atoms with E-state index in [1.807, 2.05) is 38.1 Å². The van der Waals surface area contributed by atoms with Crippen molar-refractivity contribution in [3.63, 3.8) is 0 Å². The summed E-state index contributed by atoms with van der Waals surface area (Å²) in [5.41, 5.74) is 2.32. The Morgan fingerprint density at radius 1 is 1.09 bits per heavy atom. The first-order valence-electron chi connectivity index (χ1n) is 9.96. The molecule has 2 aromatic carbocycles. The van der Waals surface area contributed by atoms with Crippen LogP contribution < -0.4 is 5.56 Å². The van der Waals surface area contributed by atoms with Crippen LogP contribution in [0.25, 0.3) is 38.9 Å². The van der Waals surface area contributed by atoms with E-state index in [-0.39, 0.29) is 22.2 Å². The van der Waals surface area contributed by atoms with E-state index in [2.05, 4.69) is 4.98 Å². The Bertz CT molecular complexity index is 1610. The van der Waals surface area contributed by atoms with E-state index in [9.17, 15) is 14.9 Å². The number of nitrogens with zero attached hydrogens (tertiary/aromatic N) is 6. The number of benzene rings is 2. The molecule has 0 atom stereocenters. The molecule has 0 unspecified atom stereocenters. The van der Waals surface area contributed by atoms with Gasteiger partial charge in [0.05, 0.1) is 28.0 Å². The van der Waals surface area contributed by atoms with Gasteiger partial charge in [0.1, 0.15) is 15.9 Å². The van der Waals surface area contributed by atoms with E-state index in [0.29, 0.717) is 45.5 Å². The van der Waals surface area contributed by atoms with Gasteiger partial charge in [0.25, 0.3) is 11.2 Å². The SMILES string of the molecule is CC(C)Cn1cnc2c(c1=O)c1nc3ccccc3nc1n2-c1ccc(Cl)c([N+](=O)[O-])c1. The van der Waals surface area contributed by atoms with E-state index in [0.717, 1.165) is 0 Å². The average Bonchev–Trinajstić information content (AvgIpc) is 3.08. The highest BCUT2D eigenvalue weighted by Crippen LogP contribution is 2.32. The fourth-order valence-electron chi connectivity index (χ4n) is 3.82. The summed E-state index contributed by atoms with van der Waals surface area (Å²) >= 11 is 6.01. The first-order valence-corrected chi connectivity index (χ1v) is 10.3. The van der Waals surface area contributed by atoms with Gasteiger partial charge >= 0.3 is 0 Å². The lowest BCUT2D eigenvalue weighted by molar-refractivity contribution is -0.384. The lowest BCUT2D eigenvalue weighted by atomic mass is 10.2. The molecule has 0 aliphatic rings. The van der Waals surface area contributed by atoms with E-state index >= 15 is 0 Å². The minimum atomic E-state index is -0.552. The van der Waals surface area contributed by atoms with Crippen LogP contribution in [0.1, 0.15) is 13.8 Å². The van der Waals surface area contributed by atoms with Crippen LogP contribution in [0.4, 0.5) is 5.69 Å². The van der Waals surface area contributed by atoms with Crippen molar-refractivity contribution in [1.29, 1.82) is 0 Å². The number of aromatic nitrogens is 5. The molecule has 3 heterocycles. The van der Waals surface area contributed by atoms with Crippen molar-refractivity contribution in [2.75, 3.05) is 0 Å². The molecule has 5 rings (SSSR count). The molecule has 10 heteroatoms. The number of nitro groups is 1. The molecule has 32 heavy (non-hydrogen) atoms. The Morgan fingerprint density at radius 2 is 1.81 bits per heavy atom. The van der Waals surface area contributed by atoms with Gasteiger partial charge in [-0.1, -0.05) is 37.6 Å². The molecule has 0 aliphatic heterocycles. The van der Waals surface area contributed by atoms with Crippen molar-refractivity contribution in [2.24, 2.45) is 5.92 Å². The summed E-state index contributed by atoms with van der Waals surface area (Å²) in [6.45, 7) is 4.53. The molecule has 0 saturated heterocycles. The van der Waals surface area contributed by atoms with Crippen LogP contribution in [0.5, 0.6) is 0 Å². The summed E-state index contributed by atoms with van der Waals surface area (Å²) in [5.74, 6) is 0.242. The van der Waals surface area contributed by atoms with Gasteiger partial charge in [-0.2, -0.15) is 0 Å². The molecule has 0 spiro atoms. The summed E-state index contributed by atoms with van der Waals surface area (Å²) < 4.78 is 3.17. The Balaban J connectivity index is 1.94. The minimum absolute atomic E-state index is 0.0169. The summed E-state index contributed by atoms with van der Waals surface area (Å²) in [6.07, 6.45) is 1.49. The molecular weight excluding hydrogens is 432 g/mol. The predicted molar refractivity (Wildman–Crippen MR) is 122 cm³/mol. The van der Waals surface area contributed by atoms with Crippen molar-refractivity contribution < 1.29 is 4.92 Å². The van der Waals surface area contributed by atoms with E-state index in [1.165, 1.54) is 18.5 Å². The average molecular weight is 449 g/mol. The Morgan fingerprint density at radius 3 is 2.50 bits per heavy atom. The van der Waals surface area contributed by atoms with Gasteiger partial charge in [0.2, 0.25) is 0 Å². The van der Waals surface area contributed by atoms with Gasteiger partial charge in [0, 0.05) is 12.6 Å². The lowest BCUT2D eigenvalue weighted by Crippen LogP contribution is -2.23. The number of hydrogen-bond acceptors (Lipinski definition) is 6. The number of para-hydroxylation sites is 2. The lowest BCUT2D eigenvalue weighted by Gasteiger charge is -2.09. The largest absolute Gasteiger partial charge is 0.298 e. The van der Waals surface area contributed by atoms with Crippen molar-refractivity contribution in [3.8, 4) is 5.69 Å². The molecule has 3 aromatic heterocycles. The second-order valence-corrected chi connectivity index (χ2v) is 8.31. The fourth-order valence-corrected chi connectivity index (χ4v) is 4.01. The van der Waals surface area contributed by atoms with Crippen molar-refractivity contribution in [2.45, 2.75) is 20.4 Å². The van der Waals surface area contributed by atoms with Gasteiger partial charge in [-0.3, -0.25) is 24.0 Å². The van der Waals surface area contributed by atoms with E-state index in [1.54, 1.807) is 15.2 Å². The number of rotatable bonds is 4. The van der Waals surface area contributed by atoms with E-state index < -0.39 is 4.92 Å². The number of halogens is 1. The molecule has 0 fully saturated rings. The molecule has 160 valence electrons. The van der Waals surface area contributed by atoms with E-state index in [4.69, 9.17) is 21.6 Å². The van der Waals surface area contributed by atoms with Crippen LogP contribution in [0.3, 0.4) is 0 Å². The Kier molecular flexibility index (Phi) is 4.63. The van der Waals surface area contributed by atoms with Gasteiger partial charge < -0.3 is 0 Å². The molecule has 0 N–H and O–H groups in total. The molecule has 0 bridgehead atoms. The number of nitro benzene ring substituents is 1. The molecule has 5 aromatic rings. The van der Waals surface area contributed by atoms with Crippen LogP contribution in [-0.2, 0) is 6.54 Å². The fraction of sp³-hybridized carbons (Fsp3) is 0.182. The van der Waals surface area contributed by atoms with Crippen LogP contribution in [0.2, 0.25) is 5.02 Å². The van der Waals surface area contributed by atoms with Crippen LogP contribution in [0, 0.1) is 16.0 Å². The second kappa shape index (κ2) is 7.38. The third kappa shape index (κ3) is 3.09. The zero-order valence-corrected chi connectivity index (χ0v) is 17.9. The molecular formula is C22H17ClN6O3. The van der Waals surface area contributed by atoms with Gasteiger partial charge in [-0.05, 0) is 30.2 Å². The third-order valence-electron chi connectivity index (χ3n) is 5.18. The monoisotopic (exact) mass is 448 g/mol. The summed E-state index contributed by atoms with van der Waals surface area (Å²) in [7, 11) is 0. The van der Waals surface area contributed by atoms with Crippen LogP contribution in [0.15, 0.2) is 53.6 Å². The maximum Gasteiger partial charge on any atom is 0.289 e. The topological polar surface area (TPSA) is 109 Å².